The molecule has 2 rings (SSSR count). The summed E-state index contributed by atoms with van der Waals surface area (Å²) in [6.07, 6.45) is 0.870. The van der Waals surface area contributed by atoms with E-state index in [1.807, 2.05) is 36.6 Å². The second-order valence-corrected chi connectivity index (χ2v) is 8.48. The van der Waals surface area contributed by atoms with E-state index in [0.29, 0.717) is 16.5 Å². The van der Waals surface area contributed by atoms with Gasteiger partial charge in [-0.05, 0) is 37.2 Å². The van der Waals surface area contributed by atoms with Crippen LogP contribution >= 0.6 is 39.5 Å². The zero-order chi connectivity index (χ0) is 13.8. The van der Waals surface area contributed by atoms with E-state index in [1.165, 1.54) is 17.6 Å². The Kier molecular flexibility index (Phi) is 6.06. The van der Waals surface area contributed by atoms with Crippen LogP contribution in [0, 0.1) is 5.82 Å². The molecule has 5 heteroatoms. The minimum absolute atomic E-state index is 0.169. The zero-order valence-electron chi connectivity index (χ0n) is 11.2. The van der Waals surface area contributed by atoms with Gasteiger partial charge in [-0.25, -0.2) is 4.39 Å². The van der Waals surface area contributed by atoms with Crippen LogP contribution in [0.25, 0.3) is 0 Å². The van der Waals surface area contributed by atoms with E-state index in [9.17, 15) is 4.39 Å². The first kappa shape index (κ1) is 15.7. The molecule has 1 aliphatic heterocycles. The Morgan fingerprint density at radius 2 is 2.11 bits per heavy atom. The van der Waals surface area contributed by atoms with Crippen molar-refractivity contribution < 1.29 is 4.39 Å². The fraction of sp³-hybridized carbons (Fsp3) is 0.571. The normalized spacial score (nSPS) is 25.3. The first-order chi connectivity index (χ1) is 9.10. The highest BCUT2D eigenvalue weighted by atomic mass is 79.9. The number of hydrogen-bond acceptors (Lipinski definition) is 3. The van der Waals surface area contributed by atoms with Crippen molar-refractivity contribution in [2.24, 2.45) is 0 Å². The molecule has 1 aromatic carbocycles. The van der Waals surface area contributed by atoms with Gasteiger partial charge in [0.05, 0.1) is 0 Å². The molecular formula is C14H19BrFNS2. The third kappa shape index (κ3) is 4.38. The quantitative estimate of drug-likeness (QED) is 0.869. The van der Waals surface area contributed by atoms with Gasteiger partial charge in [0, 0.05) is 32.5 Å². The maximum Gasteiger partial charge on any atom is 0.124 e. The molecule has 3 unspecified atom stereocenters. The standard InChI is InChI=1S/C14H19BrFNS2/c1-9-14(19-4-3-18-9)13(17-2)7-10-5-11(15)8-12(16)6-10/h5-6,8-9,13-14,17H,3-4,7H2,1-2H3. The number of halogens is 2. The smallest absolute Gasteiger partial charge is 0.124 e. The molecule has 0 amide bonds. The molecule has 3 atom stereocenters. The van der Waals surface area contributed by atoms with Crippen molar-refractivity contribution in [3.8, 4) is 0 Å². The molecule has 0 radical (unpaired) electrons. The lowest BCUT2D eigenvalue weighted by Gasteiger charge is -2.34. The van der Waals surface area contributed by atoms with Crippen LogP contribution in [0.4, 0.5) is 4.39 Å². The van der Waals surface area contributed by atoms with E-state index < -0.39 is 0 Å². The van der Waals surface area contributed by atoms with E-state index in [0.717, 1.165) is 16.5 Å². The van der Waals surface area contributed by atoms with E-state index in [-0.39, 0.29) is 5.82 Å². The molecule has 1 fully saturated rings. The highest BCUT2D eigenvalue weighted by molar-refractivity contribution is 9.10. The van der Waals surface area contributed by atoms with Gasteiger partial charge >= 0.3 is 0 Å². The molecule has 1 heterocycles. The molecule has 0 aromatic heterocycles. The SMILES string of the molecule is CNC(Cc1cc(F)cc(Br)c1)C1SCCSC1C. The molecule has 0 spiro atoms. The van der Waals surface area contributed by atoms with Crippen LogP contribution in [0.3, 0.4) is 0 Å². The minimum atomic E-state index is -0.169. The molecular weight excluding hydrogens is 345 g/mol. The predicted molar refractivity (Wildman–Crippen MR) is 88.8 cm³/mol. The molecule has 19 heavy (non-hydrogen) atoms. The van der Waals surface area contributed by atoms with Crippen LogP contribution in [-0.4, -0.2) is 35.1 Å². The summed E-state index contributed by atoms with van der Waals surface area (Å²) in [4.78, 5) is 0. The van der Waals surface area contributed by atoms with Gasteiger partial charge in [0.15, 0.2) is 0 Å². The van der Waals surface area contributed by atoms with Crippen LogP contribution in [0.1, 0.15) is 12.5 Å². The second kappa shape index (κ2) is 7.34. The Morgan fingerprint density at radius 3 is 2.74 bits per heavy atom. The predicted octanol–water partition coefficient (Wildman–Crippen LogP) is 3.96. The Bertz CT molecular complexity index is 410. The number of thioether (sulfide) groups is 2. The van der Waals surface area contributed by atoms with Gasteiger partial charge < -0.3 is 5.32 Å². The van der Waals surface area contributed by atoms with Crippen LogP contribution in [0.5, 0.6) is 0 Å². The summed E-state index contributed by atoms with van der Waals surface area (Å²) in [7, 11) is 2.01. The average molecular weight is 364 g/mol. The van der Waals surface area contributed by atoms with Gasteiger partial charge in [-0.15, -0.1) is 0 Å². The summed E-state index contributed by atoms with van der Waals surface area (Å²) in [5.74, 6) is 2.28. The Labute approximate surface area is 131 Å². The summed E-state index contributed by atoms with van der Waals surface area (Å²) in [5, 5.41) is 4.65. The van der Waals surface area contributed by atoms with Gasteiger partial charge in [0.1, 0.15) is 5.82 Å². The first-order valence-corrected chi connectivity index (χ1v) is 9.34. The largest absolute Gasteiger partial charge is 0.316 e. The molecule has 0 aliphatic carbocycles. The zero-order valence-corrected chi connectivity index (χ0v) is 14.4. The van der Waals surface area contributed by atoms with Crippen LogP contribution in [0.2, 0.25) is 0 Å². The van der Waals surface area contributed by atoms with Gasteiger partial charge in [-0.3, -0.25) is 0 Å². The Hall–Kier alpha value is 0.290. The van der Waals surface area contributed by atoms with Crippen molar-refractivity contribution in [1.29, 1.82) is 0 Å². The number of likely N-dealkylation sites (N-methyl/N-ethyl adjacent to an activating group) is 1. The number of benzene rings is 1. The molecule has 1 nitrogen and oxygen atoms in total. The topological polar surface area (TPSA) is 12.0 Å². The maximum atomic E-state index is 13.4. The van der Waals surface area contributed by atoms with Gasteiger partial charge in [0.2, 0.25) is 0 Å². The maximum absolute atomic E-state index is 13.4. The summed E-state index contributed by atoms with van der Waals surface area (Å²) in [6.45, 7) is 2.30. The highest BCUT2D eigenvalue weighted by Crippen LogP contribution is 2.34. The average Bonchev–Trinajstić information content (AvgIpc) is 2.36. The fourth-order valence-corrected chi connectivity index (χ4v) is 5.97. The Morgan fingerprint density at radius 1 is 1.37 bits per heavy atom. The van der Waals surface area contributed by atoms with Gasteiger partial charge in [-0.2, -0.15) is 23.5 Å². The lowest BCUT2D eigenvalue weighted by atomic mass is 10.0. The summed E-state index contributed by atoms with van der Waals surface area (Å²) >= 11 is 7.45. The van der Waals surface area contributed by atoms with E-state index >= 15 is 0 Å². The highest BCUT2D eigenvalue weighted by Gasteiger charge is 2.29. The van der Waals surface area contributed by atoms with E-state index in [2.05, 4.69) is 28.2 Å². The van der Waals surface area contributed by atoms with Crippen molar-refractivity contribution >= 4 is 39.5 Å². The molecule has 0 saturated carbocycles. The summed E-state index contributed by atoms with van der Waals surface area (Å²) in [5.41, 5.74) is 1.05. The third-order valence-corrected chi connectivity index (χ3v) is 7.09. The van der Waals surface area contributed by atoms with Crippen LogP contribution in [-0.2, 0) is 6.42 Å². The lowest BCUT2D eigenvalue weighted by Crippen LogP contribution is -2.44. The number of nitrogens with one attached hydrogen (secondary N) is 1. The van der Waals surface area contributed by atoms with Crippen molar-refractivity contribution in [1.82, 2.24) is 5.32 Å². The van der Waals surface area contributed by atoms with Crippen molar-refractivity contribution in [2.75, 3.05) is 18.6 Å². The molecule has 0 bridgehead atoms. The van der Waals surface area contributed by atoms with Crippen LogP contribution in [0.15, 0.2) is 22.7 Å². The van der Waals surface area contributed by atoms with Gasteiger partial charge in [0.25, 0.3) is 0 Å². The Balaban J connectivity index is 2.09. The van der Waals surface area contributed by atoms with Crippen molar-refractivity contribution in [3.05, 3.63) is 34.1 Å². The van der Waals surface area contributed by atoms with E-state index in [4.69, 9.17) is 0 Å². The molecule has 1 N–H and O–H groups in total. The minimum Gasteiger partial charge on any atom is -0.316 e. The number of hydrogen-bond donors (Lipinski definition) is 1. The third-order valence-electron chi connectivity index (χ3n) is 3.38. The fourth-order valence-electron chi connectivity index (χ4n) is 2.46. The second-order valence-electron chi connectivity index (χ2n) is 4.79. The van der Waals surface area contributed by atoms with Crippen LogP contribution < -0.4 is 5.32 Å². The number of rotatable bonds is 4. The molecule has 1 aliphatic rings. The first-order valence-electron chi connectivity index (χ1n) is 6.45. The summed E-state index contributed by atoms with van der Waals surface area (Å²) in [6, 6.07) is 5.55. The summed E-state index contributed by atoms with van der Waals surface area (Å²) < 4.78 is 14.3. The molecule has 1 saturated heterocycles. The van der Waals surface area contributed by atoms with E-state index in [1.54, 1.807) is 6.07 Å². The van der Waals surface area contributed by atoms with Gasteiger partial charge in [-0.1, -0.05) is 22.9 Å². The molecule has 106 valence electrons. The van der Waals surface area contributed by atoms with Crippen molar-refractivity contribution in [2.45, 2.75) is 29.9 Å². The monoisotopic (exact) mass is 363 g/mol. The van der Waals surface area contributed by atoms with Crippen molar-refractivity contribution in [3.63, 3.8) is 0 Å². The lowest BCUT2D eigenvalue weighted by molar-refractivity contribution is 0.528. The molecule has 1 aromatic rings.